The number of H-pyrrole nitrogens is 1. The second-order valence-electron chi connectivity index (χ2n) is 3.59. The Kier molecular flexibility index (Phi) is 3.19. The van der Waals surface area contributed by atoms with Gasteiger partial charge in [0.05, 0.1) is 6.20 Å². The van der Waals surface area contributed by atoms with E-state index < -0.39 is 0 Å². The molecule has 0 saturated carbocycles. The lowest BCUT2D eigenvalue weighted by Gasteiger charge is -2.03. The fourth-order valence-corrected chi connectivity index (χ4v) is 1.74. The Hall–Kier alpha value is -1.76. The quantitative estimate of drug-likeness (QED) is 0.790. The summed E-state index contributed by atoms with van der Waals surface area (Å²) >= 11 is 3.27. The Morgan fingerprint density at radius 1 is 1.71 bits per heavy atom. The molecule has 0 spiro atoms. The normalized spacial score (nSPS) is 10.5. The van der Waals surface area contributed by atoms with Gasteiger partial charge in [0.25, 0.3) is 5.91 Å². The van der Waals surface area contributed by atoms with Crippen molar-refractivity contribution in [3.05, 3.63) is 34.2 Å². The van der Waals surface area contributed by atoms with Crippen molar-refractivity contribution in [3.63, 3.8) is 0 Å². The molecule has 2 aromatic heterocycles. The third kappa shape index (κ3) is 2.50. The van der Waals surface area contributed by atoms with E-state index in [1.807, 2.05) is 0 Å². The van der Waals surface area contributed by atoms with Gasteiger partial charge in [0.2, 0.25) is 0 Å². The lowest BCUT2D eigenvalue weighted by atomic mass is 10.3. The van der Waals surface area contributed by atoms with Crippen molar-refractivity contribution in [2.45, 2.75) is 6.54 Å². The van der Waals surface area contributed by atoms with Gasteiger partial charge in [-0.05, 0) is 22.0 Å². The summed E-state index contributed by atoms with van der Waals surface area (Å²) in [5.41, 5.74) is 7.06. The molecular weight excluding hydrogens is 286 g/mol. The topological polar surface area (TPSA) is 88.7 Å². The molecule has 0 aliphatic carbocycles. The first-order chi connectivity index (χ1) is 8.08. The summed E-state index contributed by atoms with van der Waals surface area (Å²) in [5, 5.41) is 6.75. The number of nitrogens with two attached hydrogens (primary N) is 1. The van der Waals surface area contributed by atoms with Crippen molar-refractivity contribution in [1.29, 1.82) is 0 Å². The maximum Gasteiger partial charge on any atom is 0.268 e. The summed E-state index contributed by atoms with van der Waals surface area (Å²) in [6.45, 7) is 0.356. The number of anilines is 1. The predicted molar refractivity (Wildman–Crippen MR) is 67.3 cm³/mol. The minimum absolute atomic E-state index is 0.182. The van der Waals surface area contributed by atoms with Crippen LogP contribution in [-0.4, -0.2) is 20.7 Å². The smallest absolute Gasteiger partial charge is 0.268 e. The number of aromatic amines is 1. The van der Waals surface area contributed by atoms with Crippen LogP contribution in [0.2, 0.25) is 0 Å². The molecule has 17 heavy (non-hydrogen) atoms. The molecule has 0 saturated heterocycles. The van der Waals surface area contributed by atoms with Gasteiger partial charge in [0.15, 0.2) is 0 Å². The summed E-state index contributed by atoms with van der Waals surface area (Å²) in [4.78, 5) is 14.6. The van der Waals surface area contributed by atoms with Crippen LogP contribution in [-0.2, 0) is 13.6 Å². The number of hydrogen-bond acceptors (Lipinski definition) is 3. The van der Waals surface area contributed by atoms with Crippen LogP contribution in [0.5, 0.6) is 0 Å². The maximum atomic E-state index is 11.7. The lowest BCUT2D eigenvalue weighted by molar-refractivity contribution is 0.0946. The van der Waals surface area contributed by atoms with E-state index in [0.29, 0.717) is 18.1 Å². The van der Waals surface area contributed by atoms with Gasteiger partial charge in [-0.25, -0.2) is 0 Å². The third-order valence-corrected chi connectivity index (χ3v) is 2.85. The van der Waals surface area contributed by atoms with Crippen LogP contribution in [0.25, 0.3) is 0 Å². The predicted octanol–water partition coefficient (Wildman–Crippen LogP) is 1.02. The number of nitrogens with one attached hydrogen (secondary N) is 2. The molecule has 4 N–H and O–H groups in total. The Balaban J connectivity index is 1.99. The van der Waals surface area contributed by atoms with Gasteiger partial charge in [-0.3, -0.25) is 9.48 Å². The van der Waals surface area contributed by atoms with E-state index in [-0.39, 0.29) is 5.91 Å². The van der Waals surface area contributed by atoms with Crippen molar-refractivity contribution in [2.75, 3.05) is 5.73 Å². The van der Waals surface area contributed by atoms with Crippen LogP contribution >= 0.6 is 15.9 Å². The summed E-state index contributed by atoms with van der Waals surface area (Å²) in [5.74, 6) is 0.372. The summed E-state index contributed by atoms with van der Waals surface area (Å²) in [6, 6.07) is 1.71. The van der Waals surface area contributed by atoms with Crippen LogP contribution in [0.15, 0.2) is 22.9 Å². The third-order valence-electron chi connectivity index (χ3n) is 2.40. The highest BCUT2D eigenvalue weighted by Gasteiger charge is 2.09. The molecule has 1 amide bonds. The second-order valence-corrected chi connectivity index (χ2v) is 4.51. The minimum Gasteiger partial charge on any atom is -0.384 e. The van der Waals surface area contributed by atoms with Gasteiger partial charge in [0.1, 0.15) is 11.5 Å². The number of carbonyl (C=O) groups is 1. The highest BCUT2D eigenvalue weighted by molar-refractivity contribution is 9.10. The van der Waals surface area contributed by atoms with Crippen LogP contribution < -0.4 is 11.1 Å². The number of hydrogen-bond donors (Lipinski definition) is 3. The zero-order chi connectivity index (χ0) is 12.4. The van der Waals surface area contributed by atoms with Gasteiger partial charge in [-0.1, -0.05) is 0 Å². The van der Waals surface area contributed by atoms with Crippen LogP contribution in [0.3, 0.4) is 0 Å². The van der Waals surface area contributed by atoms with Crippen molar-refractivity contribution >= 4 is 27.7 Å². The molecule has 2 rings (SSSR count). The number of rotatable bonds is 3. The first-order valence-electron chi connectivity index (χ1n) is 4.96. The number of amides is 1. The molecule has 0 aromatic carbocycles. The Bertz CT molecular complexity index is 545. The number of nitrogens with zero attached hydrogens (tertiary/aromatic N) is 2. The Labute approximate surface area is 106 Å². The highest BCUT2D eigenvalue weighted by atomic mass is 79.9. The molecule has 0 radical (unpaired) electrons. The van der Waals surface area contributed by atoms with Gasteiger partial charge >= 0.3 is 0 Å². The van der Waals surface area contributed by atoms with E-state index in [9.17, 15) is 4.79 Å². The summed E-state index contributed by atoms with van der Waals surface area (Å²) < 4.78 is 2.40. The summed E-state index contributed by atoms with van der Waals surface area (Å²) in [7, 11) is 1.75. The van der Waals surface area contributed by atoms with Crippen molar-refractivity contribution in [1.82, 2.24) is 20.1 Å². The number of aryl methyl sites for hydroxylation is 1. The van der Waals surface area contributed by atoms with Gasteiger partial charge < -0.3 is 16.0 Å². The van der Waals surface area contributed by atoms with E-state index in [1.54, 1.807) is 30.2 Å². The number of aromatic nitrogens is 3. The summed E-state index contributed by atoms with van der Waals surface area (Å²) in [6.07, 6.45) is 3.34. The Morgan fingerprint density at radius 3 is 3.00 bits per heavy atom. The molecule has 7 heteroatoms. The van der Waals surface area contributed by atoms with Crippen LogP contribution in [0, 0.1) is 0 Å². The van der Waals surface area contributed by atoms with E-state index in [2.05, 4.69) is 31.3 Å². The number of halogens is 1. The first kappa shape index (κ1) is 11.7. The molecule has 0 fully saturated rings. The SMILES string of the molecule is Cn1ncc(CNC(=O)c2cc(Br)c[nH]2)c1N. The van der Waals surface area contributed by atoms with Crippen molar-refractivity contribution < 1.29 is 4.79 Å². The van der Waals surface area contributed by atoms with Crippen molar-refractivity contribution in [2.24, 2.45) is 7.05 Å². The average Bonchev–Trinajstić information content (AvgIpc) is 2.86. The zero-order valence-electron chi connectivity index (χ0n) is 9.20. The standard InChI is InChI=1S/C10H12BrN5O/c1-16-9(12)6(4-15-16)3-14-10(17)8-2-7(11)5-13-8/h2,4-5,13H,3,12H2,1H3,(H,14,17). The largest absolute Gasteiger partial charge is 0.384 e. The molecular formula is C10H12BrN5O. The van der Waals surface area contributed by atoms with E-state index in [4.69, 9.17) is 5.73 Å². The van der Waals surface area contributed by atoms with E-state index >= 15 is 0 Å². The van der Waals surface area contributed by atoms with E-state index in [0.717, 1.165) is 10.0 Å². The molecule has 0 atom stereocenters. The molecule has 0 aliphatic heterocycles. The maximum absolute atomic E-state index is 11.7. The zero-order valence-corrected chi connectivity index (χ0v) is 10.8. The molecule has 2 heterocycles. The fraction of sp³-hybridized carbons (Fsp3) is 0.200. The minimum atomic E-state index is -0.182. The molecule has 0 unspecified atom stereocenters. The molecule has 6 nitrogen and oxygen atoms in total. The molecule has 90 valence electrons. The second kappa shape index (κ2) is 4.62. The molecule has 0 bridgehead atoms. The number of carbonyl (C=O) groups excluding carboxylic acids is 1. The van der Waals surface area contributed by atoms with Crippen LogP contribution in [0.4, 0.5) is 5.82 Å². The van der Waals surface area contributed by atoms with Gasteiger partial charge in [0, 0.05) is 29.8 Å². The lowest BCUT2D eigenvalue weighted by Crippen LogP contribution is -2.23. The molecule has 2 aromatic rings. The van der Waals surface area contributed by atoms with E-state index in [1.165, 1.54) is 0 Å². The molecule has 0 aliphatic rings. The van der Waals surface area contributed by atoms with Crippen LogP contribution in [0.1, 0.15) is 16.1 Å². The van der Waals surface area contributed by atoms with Gasteiger partial charge in [-0.15, -0.1) is 0 Å². The monoisotopic (exact) mass is 297 g/mol. The van der Waals surface area contributed by atoms with Gasteiger partial charge in [-0.2, -0.15) is 5.10 Å². The fourth-order valence-electron chi connectivity index (χ4n) is 1.40. The first-order valence-corrected chi connectivity index (χ1v) is 5.75. The Morgan fingerprint density at radius 2 is 2.47 bits per heavy atom. The van der Waals surface area contributed by atoms with Crippen molar-refractivity contribution in [3.8, 4) is 0 Å². The number of nitrogen functional groups attached to an aromatic ring is 1. The average molecular weight is 298 g/mol. The highest BCUT2D eigenvalue weighted by Crippen LogP contribution is 2.11.